The van der Waals surface area contributed by atoms with Crippen molar-refractivity contribution in [3.63, 3.8) is 0 Å². The summed E-state index contributed by atoms with van der Waals surface area (Å²) in [5.74, 6) is -0.286. The molecule has 1 saturated carbocycles. The largest absolute Gasteiger partial charge is 0.392 e. The summed E-state index contributed by atoms with van der Waals surface area (Å²) in [5, 5.41) is 9.96. The number of sulfone groups is 1. The second kappa shape index (κ2) is 6.22. The van der Waals surface area contributed by atoms with Gasteiger partial charge in [-0.3, -0.25) is 0 Å². The maximum Gasteiger partial charge on any atom is 0.150 e. The fraction of sp³-hybridized carbons (Fsp3) is 0.600. The molecule has 112 valence electrons. The average Bonchev–Trinajstić information content (AvgIpc) is 2.40. The van der Waals surface area contributed by atoms with Crippen molar-refractivity contribution >= 4 is 9.84 Å². The molecule has 3 atom stereocenters. The van der Waals surface area contributed by atoms with Gasteiger partial charge in [-0.1, -0.05) is 18.6 Å². The Morgan fingerprint density at radius 2 is 1.95 bits per heavy atom. The summed E-state index contributed by atoms with van der Waals surface area (Å²) < 4.78 is 36.1. The fourth-order valence-electron chi connectivity index (χ4n) is 2.95. The Morgan fingerprint density at radius 1 is 1.30 bits per heavy atom. The van der Waals surface area contributed by atoms with Gasteiger partial charge in [0.2, 0.25) is 0 Å². The minimum atomic E-state index is -3.03. The lowest BCUT2D eigenvalue weighted by atomic mass is 9.83. The highest BCUT2D eigenvalue weighted by atomic mass is 32.2. The van der Waals surface area contributed by atoms with Crippen molar-refractivity contribution in [2.75, 3.05) is 6.26 Å². The molecule has 1 aromatic carbocycles. The average molecular weight is 300 g/mol. The van der Waals surface area contributed by atoms with Gasteiger partial charge in [-0.15, -0.1) is 0 Å². The van der Waals surface area contributed by atoms with Gasteiger partial charge in [0, 0.05) is 6.26 Å². The zero-order valence-corrected chi connectivity index (χ0v) is 12.4. The first kappa shape index (κ1) is 15.4. The van der Waals surface area contributed by atoms with E-state index in [1.54, 1.807) is 12.1 Å². The first-order chi connectivity index (χ1) is 9.36. The minimum absolute atomic E-state index is 0.00790. The molecule has 5 heteroatoms. The summed E-state index contributed by atoms with van der Waals surface area (Å²) in [6.07, 6.45) is 4.07. The van der Waals surface area contributed by atoms with E-state index in [1.807, 2.05) is 0 Å². The molecule has 0 heterocycles. The van der Waals surface area contributed by atoms with Crippen LogP contribution in [0.5, 0.6) is 0 Å². The molecular formula is C15H21FO3S. The van der Waals surface area contributed by atoms with E-state index >= 15 is 0 Å². The van der Waals surface area contributed by atoms with Crippen LogP contribution >= 0.6 is 0 Å². The third-order valence-electron chi connectivity index (χ3n) is 4.17. The summed E-state index contributed by atoms with van der Waals surface area (Å²) in [6.45, 7) is 0. The summed E-state index contributed by atoms with van der Waals surface area (Å²) in [5.41, 5.74) is 0.875. The van der Waals surface area contributed by atoms with Crippen LogP contribution in [0.2, 0.25) is 0 Å². The topological polar surface area (TPSA) is 54.4 Å². The summed E-state index contributed by atoms with van der Waals surface area (Å²) in [6, 6.07) is 6.08. The van der Waals surface area contributed by atoms with Crippen molar-refractivity contribution in [1.82, 2.24) is 0 Å². The molecule has 0 aliphatic heterocycles. The van der Waals surface area contributed by atoms with E-state index < -0.39 is 15.9 Å². The predicted molar refractivity (Wildman–Crippen MR) is 76.7 cm³/mol. The quantitative estimate of drug-likeness (QED) is 0.928. The number of hydrogen-bond acceptors (Lipinski definition) is 3. The Kier molecular flexibility index (Phi) is 4.81. The van der Waals surface area contributed by atoms with Gasteiger partial charge >= 0.3 is 0 Å². The molecule has 1 N–H and O–H groups in total. The fourth-order valence-corrected chi connectivity index (χ4v) is 4.14. The van der Waals surface area contributed by atoms with Crippen LogP contribution in [0, 0.1) is 11.7 Å². The minimum Gasteiger partial charge on any atom is -0.392 e. The first-order valence-corrected chi connectivity index (χ1v) is 8.93. The van der Waals surface area contributed by atoms with E-state index in [9.17, 15) is 17.9 Å². The van der Waals surface area contributed by atoms with Crippen molar-refractivity contribution in [3.05, 3.63) is 35.6 Å². The molecule has 0 amide bonds. The molecule has 1 aliphatic rings. The standard InChI is InChI=1S/C15H21FO3S/c1-20(18,19)14-4-2-3-12(10-14)15(17)9-11-5-7-13(16)8-6-11/h5-8,12,14-15,17H,2-4,9-10H2,1H3. The Balaban J connectivity index is 1.98. The lowest BCUT2D eigenvalue weighted by molar-refractivity contribution is 0.0859. The van der Waals surface area contributed by atoms with Gasteiger partial charge in [0.1, 0.15) is 15.7 Å². The van der Waals surface area contributed by atoms with Gasteiger partial charge in [0.05, 0.1) is 11.4 Å². The molecule has 1 aromatic rings. The van der Waals surface area contributed by atoms with Gasteiger partial charge in [0.15, 0.2) is 0 Å². The van der Waals surface area contributed by atoms with Gasteiger partial charge < -0.3 is 5.11 Å². The molecule has 0 saturated heterocycles. The van der Waals surface area contributed by atoms with Gasteiger partial charge in [-0.2, -0.15) is 0 Å². The second-order valence-electron chi connectivity index (χ2n) is 5.78. The Morgan fingerprint density at radius 3 is 2.55 bits per heavy atom. The summed E-state index contributed by atoms with van der Waals surface area (Å²) in [7, 11) is -3.03. The van der Waals surface area contributed by atoms with Crippen molar-refractivity contribution in [1.29, 1.82) is 0 Å². The van der Waals surface area contributed by atoms with Crippen LogP contribution in [0.4, 0.5) is 4.39 Å². The number of aliphatic hydroxyl groups is 1. The highest BCUT2D eigenvalue weighted by Crippen LogP contribution is 2.31. The van der Waals surface area contributed by atoms with E-state index in [2.05, 4.69) is 0 Å². The SMILES string of the molecule is CS(=O)(=O)C1CCCC(C(O)Cc2ccc(F)cc2)C1. The van der Waals surface area contributed by atoms with Gasteiger partial charge in [-0.25, -0.2) is 12.8 Å². The highest BCUT2D eigenvalue weighted by molar-refractivity contribution is 7.91. The molecule has 3 nitrogen and oxygen atoms in total. The van der Waals surface area contributed by atoms with Crippen LogP contribution in [0.1, 0.15) is 31.2 Å². The molecular weight excluding hydrogens is 279 g/mol. The van der Waals surface area contributed by atoms with E-state index in [0.717, 1.165) is 18.4 Å². The lowest BCUT2D eigenvalue weighted by Crippen LogP contribution is -2.34. The number of hydrogen-bond donors (Lipinski definition) is 1. The van der Waals surface area contributed by atoms with Crippen molar-refractivity contribution < 1.29 is 17.9 Å². The number of aliphatic hydroxyl groups excluding tert-OH is 1. The van der Waals surface area contributed by atoms with Crippen molar-refractivity contribution in [2.45, 2.75) is 43.5 Å². The van der Waals surface area contributed by atoms with E-state index in [1.165, 1.54) is 18.4 Å². The molecule has 20 heavy (non-hydrogen) atoms. The maximum absolute atomic E-state index is 12.8. The highest BCUT2D eigenvalue weighted by Gasteiger charge is 2.32. The lowest BCUT2D eigenvalue weighted by Gasteiger charge is -2.31. The predicted octanol–water partition coefficient (Wildman–Crippen LogP) is 2.33. The number of halogens is 1. The van der Waals surface area contributed by atoms with Crippen LogP contribution in [-0.4, -0.2) is 31.1 Å². The monoisotopic (exact) mass is 300 g/mol. The van der Waals surface area contributed by atoms with Crippen LogP contribution in [0.15, 0.2) is 24.3 Å². The third-order valence-corrected chi connectivity index (χ3v) is 5.81. The summed E-state index contributed by atoms with van der Waals surface area (Å²) in [4.78, 5) is 0. The van der Waals surface area contributed by atoms with Crippen LogP contribution in [-0.2, 0) is 16.3 Å². The molecule has 0 aromatic heterocycles. The van der Waals surface area contributed by atoms with E-state index in [4.69, 9.17) is 0 Å². The van der Waals surface area contributed by atoms with Gasteiger partial charge in [0.25, 0.3) is 0 Å². The number of rotatable bonds is 4. The van der Waals surface area contributed by atoms with Gasteiger partial charge in [-0.05, 0) is 49.3 Å². The van der Waals surface area contributed by atoms with E-state index in [-0.39, 0.29) is 17.0 Å². The van der Waals surface area contributed by atoms with Crippen LogP contribution < -0.4 is 0 Å². The molecule has 1 fully saturated rings. The molecule has 0 bridgehead atoms. The van der Waals surface area contributed by atoms with Crippen LogP contribution in [0.3, 0.4) is 0 Å². The Labute approximate surface area is 119 Å². The Bertz CT molecular complexity index is 539. The third kappa shape index (κ3) is 4.03. The first-order valence-electron chi connectivity index (χ1n) is 6.97. The maximum atomic E-state index is 12.8. The molecule has 1 aliphatic carbocycles. The summed E-state index contributed by atoms with van der Waals surface area (Å²) >= 11 is 0. The van der Waals surface area contributed by atoms with Crippen molar-refractivity contribution in [2.24, 2.45) is 5.92 Å². The Hall–Kier alpha value is -0.940. The zero-order chi connectivity index (χ0) is 14.8. The molecule has 0 radical (unpaired) electrons. The normalized spacial score (nSPS) is 25.4. The van der Waals surface area contributed by atoms with Crippen molar-refractivity contribution in [3.8, 4) is 0 Å². The number of benzene rings is 1. The molecule has 0 spiro atoms. The molecule has 2 rings (SSSR count). The van der Waals surface area contributed by atoms with E-state index in [0.29, 0.717) is 19.3 Å². The zero-order valence-electron chi connectivity index (χ0n) is 11.6. The van der Waals surface area contributed by atoms with Crippen LogP contribution in [0.25, 0.3) is 0 Å². The molecule has 3 unspecified atom stereocenters. The second-order valence-corrected chi connectivity index (χ2v) is 8.10. The smallest absolute Gasteiger partial charge is 0.150 e.